The summed E-state index contributed by atoms with van der Waals surface area (Å²) in [5, 5.41) is 3.27. The molecule has 1 N–H and O–H groups in total. The van der Waals surface area contributed by atoms with Gasteiger partial charge in [0.05, 0.1) is 10.2 Å². The summed E-state index contributed by atoms with van der Waals surface area (Å²) in [5.74, 6) is 0.106. The molecule has 0 atom stereocenters. The number of ketones is 1. The van der Waals surface area contributed by atoms with Crippen LogP contribution in [0.3, 0.4) is 0 Å². The van der Waals surface area contributed by atoms with E-state index in [1.165, 1.54) is 10.1 Å². The molecule has 0 radical (unpaired) electrons. The van der Waals surface area contributed by atoms with Crippen molar-refractivity contribution in [3.05, 3.63) is 35.2 Å². The Kier molecular flexibility index (Phi) is 1.70. The molecule has 3 heteroatoms. The molecule has 0 aliphatic heterocycles. The van der Waals surface area contributed by atoms with Gasteiger partial charge in [-0.1, -0.05) is 12.1 Å². The molecule has 0 aliphatic rings. The molecule has 2 aromatic heterocycles. The van der Waals surface area contributed by atoms with Crippen LogP contribution >= 0.6 is 11.3 Å². The number of aromatic nitrogens is 1. The molecule has 2 nitrogen and oxygen atoms in total. The molecule has 0 fully saturated rings. The molecule has 0 saturated carbocycles. The zero-order chi connectivity index (χ0) is 10.4. The molecule has 3 rings (SSSR count). The average molecular weight is 215 g/mol. The maximum Gasteiger partial charge on any atom is 0.159 e. The predicted molar refractivity (Wildman–Crippen MR) is 63.7 cm³/mol. The fourth-order valence-electron chi connectivity index (χ4n) is 1.83. The quantitative estimate of drug-likeness (QED) is 0.618. The molecular formula is C12H9NOS. The topological polar surface area (TPSA) is 32.9 Å². The van der Waals surface area contributed by atoms with Crippen molar-refractivity contribution >= 4 is 38.2 Å². The lowest BCUT2D eigenvalue weighted by atomic mass is 10.1. The highest BCUT2D eigenvalue weighted by atomic mass is 32.1. The van der Waals surface area contributed by atoms with Crippen molar-refractivity contribution in [1.82, 2.24) is 4.98 Å². The van der Waals surface area contributed by atoms with Crippen molar-refractivity contribution in [3.8, 4) is 0 Å². The Morgan fingerprint density at radius 1 is 1.27 bits per heavy atom. The molecule has 0 bridgehead atoms. The monoisotopic (exact) mass is 215 g/mol. The van der Waals surface area contributed by atoms with Gasteiger partial charge in [-0.25, -0.2) is 0 Å². The molecule has 74 valence electrons. The van der Waals surface area contributed by atoms with Crippen LogP contribution in [0.25, 0.3) is 21.1 Å². The number of hydrogen-bond donors (Lipinski definition) is 1. The molecule has 1 aromatic carbocycles. The number of Topliss-reactive ketones (excluding diaryl/α,β-unsaturated/α-hetero) is 1. The Hall–Kier alpha value is -1.61. The lowest BCUT2D eigenvalue weighted by Gasteiger charge is -1.95. The fourth-order valence-corrected chi connectivity index (χ4v) is 2.72. The Labute approximate surface area is 90.5 Å². The number of H-pyrrole nitrogens is 1. The number of carbonyl (C=O) groups is 1. The SMILES string of the molecule is CC(=O)c1ccc2c(c1)[nH]c1ccsc12. The number of hydrogen-bond acceptors (Lipinski definition) is 2. The smallest absolute Gasteiger partial charge is 0.159 e. The van der Waals surface area contributed by atoms with Crippen LogP contribution in [0.2, 0.25) is 0 Å². The number of benzene rings is 1. The number of nitrogens with one attached hydrogen (secondary N) is 1. The molecule has 15 heavy (non-hydrogen) atoms. The summed E-state index contributed by atoms with van der Waals surface area (Å²) >= 11 is 1.72. The Balaban J connectivity index is 2.40. The van der Waals surface area contributed by atoms with Crippen molar-refractivity contribution in [3.63, 3.8) is 0 Å². The zero-order valence-electron chi connectivity index (χ0n) is 8.20. The standard InChI is InChI=1S/C12H9NOS/c1-7(14)8-2-3-9-11(6-8)13-10-4-5-15-12(9)10/h2-6,13H,1H3. The highest BCUT2D eigenvalue weighted by Gasteiger charge is 2.07. The van der Waals surface area contributed by atoms with Gasteiger partial charge in [0.2, 0.25) is 0 Å². The predicted octanol–water partition coefficient (Wildman–Crippen LogP) is 3.59. The number of aromatic amines is 1. The molecule has 0 saturated heterocycles. The van der Waals surface area contributed by atoms with E-state index in [0.717, 1.165) is 16.6 Å². The Morgan fingerprint density at radius 2 is 2.13 bits per heavy atom. The van der Waals surface area contributed by atoms with Gasteiger partial charge < -0.3 is 4.98 Å². The highest BCUT2D eigenvalue weighted by molar-refractivity contribution is 7.18. The summed E-state index contributed by atoms with van der Waals surface area (Å²) in [7, 11) is 0. The van der Waals surface area contributed by atoms with Crippen LogP contribution < -0.4 is 0 Å². The van der Waals surface area contributed by atoms with Gasteiger partial charge in [0.25, 0.3) is 0 Å². The maximum absolute atomic E-state index is 11.2. The van der Waals surface area contributed by atoms with Gasteiger partial charge in [0.15, 0.2) is 5.78 Å². The minimum absolute atomic E-state index is 0.106. The molecule has 3 aromatic rings. The van der Waals surface area contributed by atoms with E-state index in [4.69, 9.17) is 0 Å². The molecule has 0 spiro atoms. The van der Waals surface area contributed by atoms with E-state index in [9.17, 15) is 4.79 Å². The molecule has 2 heterocycles. The van der Waals surface area contributed by atoms with Gasteiger partial charge in [-0.15, -0.1) is 11.3 Å². The van der Waals surface area contributed by atoms with E-state index in [1.54, 1.807) is 18.3 Å². The minimum atomic E-state index is 0.106. The normalized spacial score (nSPS) is 11.3. The van der Waals surface area contributed by atoms with Crippen molar-refractivity contribution in [2.45, 2.75) is 6.92 Å². The summed E-state index contributed by atoms with van der Waals surface area (Å²) in [6.07, 6.45) is 0. The third kappa shape index (κ3) is 1.20. The maximum atomic E-state index is 11.2. The van der Waals surface area contributed by atoms with Gasteiger partial charge >= 0.3 is 0 Å². The summed E-state index contributed by atoms with van der Waals surface area (Å²) in [6, 6.07) is 7.89. The van der Waals surface area contributed by atoms with E-state index in [0.29, 0.717) is 0 Å². The zero-order valence-corrected chi connectivity index (χ0v) is 9.02. The van der Waals surface area contributed by atoms with Crippen LogP contribution in [0.1, 0.15) is 17.3 Å². The summed E-state index contributed by atoms with van der Waals surface area (Å²) in [5.41, 5.74) is 2.96. The molecule has 0 aliphatic carbocycles. The lowest BCUT2D eigenvalue weighted by molar-refractivity contribution is 0.101. The lowest BCUT2D eigenvalue weighted by Crippen LogP contribution is -1.90. The van der Waals surface area contributed by atoms with Crippen LogP contribution in [0, 0.1) is 0 Å². The second-order valence-electron chi connectivity index (χ2n) is 3.60. The fraction of sp³-hybridized carbons (Fsp3) is 0.0833. The number of thiophene rings is 1. The first-order valence-corrected chi connectivity index (χ1v) is 5.63. The van der Waals surface area contributed by atoms with Crippen LogP contribution in [0.15, 0.2) is 29.6 Å². The Morgan fingerprint density at radius 3 is 2.93 bits per heavy atom. The van der Waals surface area contributed by atoms with Crippen molar-refractivity contribution in [2.75, 3.05) is 0 Å². The number of rotatable bonds is 1. The molecular weight excluding hydrogens is 206 g/mol. The van der Waals surface area contributed by atoms with E-state index in [1.807, 2.05) is 18.2 Å². The van der Waals surface area contributed by atoms with Crippen LogP contribution in [-0.2, 0) is 0 Å². The minimum Gasteiger partial charge on any atom is -0.354 e. The van der Waals surface area contributed by atoms with E-state index in [2.05, 4.69) is 16.4 Å². The van der Waals surface area contributed by atoms with Gasteiger partial charge in [-0.05, 0) is 24.4 Å². The third-order valence-corrected chi connectivity index (χ3v) is 3.55. The highest BCUT2D eigenvalue weighted by Crippen LogP contribution is 2.30. The molecule has 0 amide bonds. The van der Waals surface area contributed by atoms with Crippen LogP contribution in [-0.4, -0.2) is 10.8 Å². The number of carbonyl (C=O) groups excluding carboxylic acids is 1. The van der Waals surface area contributed by atoms with Crippen molar-refractivity contribution in [2.24, 2.45) is 0 Å². The van der Waals surface area contributed by atoms with E-state index in [-0.39, 0.29) is 5.78 Å². The van der Waals surface area contributed by atoms with Gasteiger partial charge in [0, 0.05) is 16.5 Å². The van der Waals surface area contributed by atoms with Gasteiger partial charge in [-0.2, -0.15) is 0 Å². The Bertz CT molecular complexity index is 662. The summed E-state index contributed by atoms with van der Waals surface area (Å²) in [6.45, 7) is 1.59. The average Bonchev–Trinajstić information content (AvgIpc) is 2.75. The second kappa shape index (κ2) is 2.94. The largest absolute Gasteiger partial charge is 0.354 e. The van der Waals surface area contributed by atoms with Crippen molar-refractivity contribution < 1.29 is 4.79 Å². The third-order valence-electron chi connectivity index (χ3n) is 2.61. The first-order valence-electron chi connectivity index (χ1n) is 4.75. The van der Waals surface area contributed by atoms with E-state index < -0.39 is 0 Å². The van der Waals surface area contributed by atoms with Crippen molar-refractivity contribution in [1.29, 1.82) is 0 Å². The summed E-state index contributed by atoms with van der Waals surface area (Å²) < 4.78 is 1.26. The summed E-state index contributed by atoms with van der Waals surface area (Å²) in [4.78, 5) is 14.5. The van der Waals surface area contributed by atoms with E-state index >= 15 is 0 Å². The van der Waals surface area contributed by atoms with Crippen LogP contribution in [0.5, 0.6) is 0 Å². The van der Waals surface area contributed by atoms with Gasteiger partial charge in [-0.3, -0.25) is 4.79 Å². The second-order valence-corrected chi connectivity index (χ2v) is 4.52. The van der Waals surface area contributed by atoms with Crippen LogP contribution in [0.4, 0.5) is 0 Å². The number of fused-ring (bicyclic) bond motifs is 3. The van der Waals surface area contributed by atoms with Gasteiger partial charge in [0.1, 0.15) is 0 Å². The first kappa shape index (κ1) is 8.68. The molecule has 0 unspecified atom stereocenters. The first-order chi connectivity index (χ1) is 7.25.